The van der Waals surface area contributed by atoms with E-state index in [-0.39, 0.29) is 44.4 Å². The van der Waals surface area contributed by atoms with E-state index in [0.717, 1.165) is 6.07 Å². The van der Waals surface area contributed by atoms with E-state index < -0.39 is 24.5 Å². The second-order valence-electron chi connectivity index (χ2n) is 6.40. The number of carbonyl (C=O) groups excluding carboxylic acids is 2. The number of rotatable bonds is 5. The number of benzene rings is 1. The number of halogens is 4. The molecule has 3 rings (SSSR count). The minimum absolute atomic E-state index is 0.0545. The molecular weight excluding hydrogens is 431 g/mol. The van der Waals surface area contributed by atoms with Crippen LogP contribution in [0.2, 0.25) is 10.0 Å². The van der Waals surface area contributed by atoms with Crippen LogP contribution in [0.25, 0.3) is 0 Å². The fourth-order valence-corrected chi connectivity index (χ4v) is 3.17. The molecule has 1 aromatic heterocycles. The van der Waals surface area contributed by atoms with Gasteiger partial charge in [0, 0.05) is 12.4 Å². The molecule has 0 saturated carbocycles. The maximum Gasteiger partial charge on any atom is 0.387 e. The van der Waals surface area contributed by atoms with Gasteiger partial charge in [0.1, 0.15) is 5.69 Å². The minimum atomic E-state index is -3.12. The van der Waals surface area contributed by atoms with Crippen molar-refractivity contribution in [2.75, 3.05) is 10.6 Å². The Kier molecular flexibility index (Phi) is 6.09. The highest BCUT2D eigenvalue weighted by atomic mass is 35.5. The molecule has 1 unspecified atom stereocenters. The lowest BCUT2D eigenvalue weighted by Gasteiger charge is -2.30. The smallest absolute Gasteiger partial charge is 0.387 e. The van der Waals surface area contributed by atoms with E-state index in [9.17, 15) is 18.4 Å². The molecule has 11 heteroatoms. The SMILES string of the molecule is CC(C)C1Oc2c(OC(F)F)ccc(C(=O)Nc3c(Cl)cncc3Cl)c2NC1=O. The van der Waals surface area contributed by atoms with Crippen molar-refractivity contribution in [3.05, 3.63) is 40.1 Å². The fourth-order valence-electron chi connectivity index (χ4n) is 2.71. The zero-order valence-electron chi connectivity index (χ0n) is 15.1. The molecule has 0 bridgehead atoms. The van der Waals surface area contributed by atoms with Gasteiger partial charge in [0.05, 0.1) is 21.3 Å². The summed E-state index contributed by atoms with van der Waals surface area (Å²) in [5.41, 5.74) is -0.0388. The van der Waals surface area contributed by atoms with Crippen LogP contribution in [0.5, 0.6) is 11.5 Å². The third kappa shape index (κ3) is 4.35. The number of hydrogen-bond acceptors (Lipinski definition) is 5. The molecule has 0 saturated heterocycles. The molecule has 1 aliphatic heterocycles. The summed E-state index contributed by atoms with van der Waals surface area (Å²) in [6.45, 7) is 0.340. The van der Waals surface area contributed by atoms with Crippen molar-refractivity contribution in [2.45, 2.75) is 26.6 Å². The molecule has 0 fully saturated rings. The first-order chi connectivity index (χ1) is 13.7. The Bertz CT molecular complexity index is 952. The van der Waals surface area contributed by atoms with Crippen LogP contribution in [0, 0.1) is 5.92 Å². The van der Waals surface area contributed by atoms with Crippen LogP contribution >= 0.6 is 23.2 Å². The normalized spacial score (nSPS) is 15.6. The average molecular weight is 446 g/mol. The molecule has 1 aromatic carbocycles. The zero-order valence-corrected chi connectivity index (χ0v) is 16.6. The van der Waals surface area contributed by atoms with Crippen molar-refractivity contribution in [2.24, 2.45) is 5.92 Å². The van der Waals surface area contributed by atoms with Gasteiger partial charge in [0.15, 0.2) is 17.6 Å². The second-order valence-corrected chi connectivity index (χ2v) is 7.21. The van der Waals surface area contributed by atoms with Crippen molar-refractivity contribution in [3.63, 3.8) is 0 Å². The number of aromatic nitrogens is 1. The van der Waals surface area contributed by atoms with E-state index in [4.69, 9.17) is 27.9 Å². The lowest BCUT2D eigenvalue weighted by Crippen LogP contribution is -2.41. The van der Waals surface area contributed by atoms with Gasteiger partial charge in [-0.2, -0.15) is 8.78 Å². The summed E-state index contributed by atoms with van der Waals surface area (Å²) < 4.78 is 35.6. The molecule has 7 nitrogen and oxygen atoms in total. The predicted octanol–water partition coefficient (Wildman–Crippen LogP) is 4.60. The van der Waals surface area contributed by atoms with Crippen molar-refractivity contribution in [1.29, 1.82) is 0 Å². The van der Waals surface area contributed by atoms with E-state index in [0.29, 0.717) is 0 Å². The van der Waals surface area contributed by atoms with Gasteiger partial charge >= 0.3 is 6.61 Å². The number of fused-ring (bicyclic) bond motifs is 1. The molecule has 0 aliphatic carbocycles. The Morgan fingerprint density at radius 3 is 2.52 bits per heavy atom. The highest BCUT2D eigenvalue weighted by molar-refractivity contribution is 6.39. The Balaban J connectivity index is 2.03. The summed E-state index contributed by atoms with van der Waals surface area (Å²) in [5, 5.41) is 5.25. The van der Waals surface area contributed by atoms with E-state index in [1.165, 1.54) is 18.5 Å². The maximum absolute atomic E-state index is 12.8. The Morgan fingerprint density at radius 2 is 1.93 bits per heavy atom. The van der Waals surface area contributed by atoms with E-state index in [2.05, 4.69) is 20.4 Å². The lowest BCUT2D eigenvalue weighted by molar-refractivity contribution is -0.125. The molecular formula is C18H15Cl2F2N3O4. The Hall–Kier alpha value is -2.65. The zero-order chi connectivity index (χ0) is 21.3. The summed E-state index contributed by atoms with van der Waals surface area (Å²) in [4.78, 5) is 29.0. The number of pyridine rings is 1. The van der Waals surface area contributed by atoms with Crippen molar-refractivity contribution >= 4 is 46.4 Å². The van der Waals surface area contributed by atoms with Gasteiger partial charge in [-0.25, -0.2) is 0 Å². The van der Waals surface area contributed by atoms with Crippen LogP contribution in [0.3, 0.4) is 0 Å². The Labute approximate surface area is 174 Å². The van der Waals surface area contributed by atoms with Gasteiger partial charge in [-0.05, 0) is 18.1 Å². The number of carbonyl (C=O) groups is 2. The van der Waals surface area contributed by atoms with E-state index in [1.54, 1.807) is 13.8 Å². The fraction of sp³-hybridized carbons (Fsp3) is 0.278. The van der Waals surface area contributed by atoms with E-state index in [1.807, 2.05) is 0 Å². The second kappa shape index (κ2) is 8.38. The topological polar surface area (TPSA) is 89.6 Å². The number of nitrogens with one attached hydrogen (secondary N) is 2. The van der Waals surface area contributed by atoms with Crippen LogP contribution in [-0.4, -0.2) is 29.5 Å². The first-order valence-corrected chi connectivity index (χ1v) is 9.14. The van der Waals surface area contributed by atoms with Crippen LogP contribution in [-0.2, 0) is 4.79 Å². The Morgan fingerprint density at radius 1 is 1.28 bits per heavy atom. The molecule has 2 N–H and O–H groups in total. The summed E-state index contributed by atoms with van der Waals surface area (Å²) in [6, 6.07) is 2.37. The summed E-state index contributed by atoms with van der Waals surface area (Å²) in [6.07, 6.45) is 1.64. The van der Waals surface area contributed by atoms with Gasteiger partial charge in [0.2, 0.25) is 0 Å². The molecule has 0 radical (unpaired) electrons. The number of ether oxygens (including phenoxy) is 2. The molecule has 154 valence electrons. The molecule has 2 heterocycles. The number of amides is 2. The first kappa shape index (κ1) is 21.1. The highest BCUT2D eigenvalue weighted by Gasteiger charge is 2.35. The van der Waals surface area contributed by atoms with Gasteiger partial charge in [-0.3, -0.25) is 14.6 Å². The van der Waals surface area contributed by atoms with Gasteiger partial charge in [-0.15, -0.1) is 0 Å². The molecule has 2 aromatic rings. The predicted molar refractivity (Wildman–Crippen MR) is 103 cm³/mol. The quantitative estimate of drug-likeness (QED) is 0.701. The van der Waals surface area contributed by atoms with Gasteiger partial charge in [0.25, 0.3) is 11.8 Å². The minimum Gasteiger partial charge on any atom is -0.474 e. The first-order valence-electron chi connectivity index (χ1n) is 8.38. The summed E-state index contributed by atoms with van der Waals surface area (Å²) >= 11 is 12.0. The average Bonchev–Trinajstić information content (AvgIpc) is 2.63. The van der Waals surface area contributed by atoms with Crippen LogP contribution in [0.1, 0.15) is 24.2 Å². The standard InChI is InChI=1S/C18H15Cl2F2N3O4/c1-7(2)14-17(27)24-12-8(3-4-11(15(12)29-14)28-18(21)22)16(26)25-13-9(19)5-23-6-10(13)20/h3-7,14,18H,1-2H3,(H,24,27)(H,23,25,26). The third-order valence-electron chi connectivity index (χ3n) is 4.03. The summed E-state index contributed by atoms with van der Waals surface area (Å²) in [5.74, 6) is -1.95. The van der Waals surface area contributed by atoms with Crippen LogP contribution in [0.4, 0.5) is 20.2 Å². The highest BCUT2D eigenvalue weighted by Crippen LogP contribution is 2.43. The van der Waals surface area contributed by atoms with Crippen molar-refractivity contribution in [3.8, 4) is 11.5 Å². The molecule has 1 aliphatic rings. The van der Waals surface area contributed by atoms with Crippen molar-refractivity contribution < 1.29 is 27.8 Å². The monoisotopic (exact) mass is 445 g/mol. The number of alkyl halides is 2. The molecule has 1 atom stereocenters. The number of anilines is 2. The molecule has 29 heavy (non-hydrogen) atoms. The van der Waals surface area contributed by atoms with Gasteiger partial charge < -0.3 is 20.1 Å². The van der Waals surface area contributed by atoms with Crippen LogP contribution < -0.4 is 20.1 Å². The summed E-state index contributed by atoms with van der Waals surface area (Å²) in [7, 11) is 0. The van der Waals surface area contributed by atoms with E-state index >= 15 is 0 Å². The van der Waals surface area contributed by atoms with Crippen LogP contribution in [0.15, 0.2) is 24.5 Å². The van der Waals surface area contributed by atoms with Crippen molar-refractivity contribution in [1.82, 2.24) is 4.98 Å². The van der Waals surface area contributed by atoms with Gasteiger partial charge in [-0.1, -0.05) is 37.0 Å². The third-order valence-corrected chi connectivity index (χ3v) is 4.60. The lowest BCUT2D eigenvalue weighted by atomic mass is 10.0. The number of nitrogens with zero attached hydrogens (tertiary/aromatic N) is 1. The maximum atomic E-state index is 12.8. The molecule has 0 spiro atoms. The largest absolute Gasteiger partial charge is 0.474 e. The number of hydrogen-bond donors (Lipinski definition) is 2. The molecule has 2 amide bonds.